The number of anilines is 2. The van der Waals surface area contributed by atoms with Crippen molar-refractivity contribution in [2.24, 2.45) is 0 Å². The van der Waals surface area contributed by atoms with E-state index < -0.39 is 21.5 Å². The molecule has 1 amide bonds. The van der Waals surface area contributed by atoms with Gasteiger partial charge >= 0.3 is 6.09 Å². The van der Waals surface area contributed by atoms with Gasteiger partial charge in [-0.3, -0.25) is 5.32 Å². The van der Waals surface area contributed by atoms with Gasteiger partial charge in [0.2, 0.25) is 0 Å². The number of amides is 1. The molecule has 2 aromatic rings. The lowest BCUT2D eigenvalue weighted by atomic mass is 10.2. The van der Waals surface area contributed by atoms with Crippen LogP contribution in [0.25, 0.3) is 11.4 Å². The van der Waals surface area contributed by atoms with Crippen LogP contribution in [0.15, 0.2) is 30.3 Å². The highest BCUT2D eigenvalue weighted by molar-refractivity contribution is 7.89. The quantitative estimate of drug-likeness (QED) is 0.721. The number of benzene rings is 1. The number of sulfone groups is 1. The van der Waals surface area contributed by atoms with Gasteiger partial charge in [-0.05, 0) is 52.0 Å². The van der Waals surface area contributed by atoms with E-state index >= 15 is 0 Å². The van der Waals surface area contributed by atoms with Gasteiger partial charge in [0.05, 0.1) is 30.7 Å². The van der Waals surface area contributed by atoms with Crippen molar-refractivity contribution in [3.8, 4) is 11.4 Å². The lowest BCUT2D eigenvalue weighted by Crippen LogP contribution is -2.44. The van der Waals surface area contributed by atoms with E-state index in [1.54, 1.807) is 51.1 Å². The summed E-state index contributed by atoms with van der Waals surface area (Å²) in [4.78, 5) is 23.3. The van der Waals surface area contributed by atoms with Gasteiger partial charge in [0, 0.05) is 30.1 Å². The van der Waals surface area contributed by atoms with Gasteiger partial charge < -0.3 is 14.4 Å². The molecule has 1 aromatic carbocycles. The molecule has 0 unspecified atom stereocenters. The number of carbonyl (C=O) groups is 1. The lowest BCUT2D eigenvalue weighted by Gasteiger charge is -2.34. The van der Waals surface area contributed by atoms with E-state index in [0.717, 1.165) is 0 Å². The molecule has 0 saturated carbocycles. The first-order chi connectivity index (χ1) is 14.9. The maximum Gasteiger partial charge on any atom is 0.412 e. The molecule has 1 N–H and O–H groups in total. The Kier molecular flexibility index (Phi) is 7.04. The van der Waals surface area contributed by atoms with E-state index in [1.165, 1.54) is 6.26 Å². The third kappa shape index (κ3) is 6.89. The molecule has 10 heteroatoms. The van der Waals surface area contributed by atoms with Crippen molar-refractivity contribution in [2.45, 2.75) is 45.1 Å². The third-order valence-electron chi connectivity index (χ3n) is 4.63. The summed E-state index contributed by atoms with van der Waals surface area (Å²) in [5, 5.41) is 2.69. The number of aromatic nitrogens is 2. The number of morpholine rings is 1. The fraction of sp³-hybridized carbons (Fsp3) is 0.500. The molecule has 1 saturated heterocycles. The zero-order chi connectivity index (χ0) is 23.5. The second-order valence-corrected chi connectivity index (χ2v) is 11.1. The molecule has 1 aliphatic rings. The van der Waals surface area contributed by atoms with E-state index in [-0.39, 0.29) is 11.8 Å². The first-order valence-corrected chi connectivity index (χ1v) is 12.5. The number of ether oxygens (including phenoxy) is 2. The second kappa shape index (κ2) is 9.41. The molecule has 1 atom stereocenters. The largest absolute Gasteiger partial charge is 0.444 e. The van der Waals surface area contributed by atoms with Crippen LogP contribution in [-0.4, -0.2) is 62.1 Å². The predicted molar refractivity (Wildman–Crippen MR) is 123 cm³/mol. The summed E-state index contributed by atoms with van der Waals surface area (Å²) < 4.78 is 34.6. The van der Waals surface area contributed by atoms with Crippen molar-refractivity contribution < 1.29 is 22.7 Å². The Hall–Kier alpha value is -2.72. The van der Waals surface area contributed by atoms with Gasteiger partial charge in [-0.15, -0.1) is 0 Å². The lowest BCUT2D eigenvalue weighted by molar-refractivity contribution is 0.0636. The Bertz CT molecular complexity index is 1060. The van der Waals surface area contributed by atoms with Crippen molar-refractivity contribution in [1.29, 1.82) is 0 Å². The van der Waals surface area contributed by atoms with Gasteiger partial charge in [0.15, 0.2) is 15.7 Å². The number of nitrogens with zero attached hydrogens (tertiary/aromatic N) is 3. The van der Waals surface area contributed by atoms with Crippen LogP contribution in [0.4, 0.5) is 16.3 Å². The summed E-state index contributed by atoms with van der Waals surface area (Å²) >= 11 is 0. The molecule has 0 aliphatic carbocycles. The van der Waals surface area contributed by atoms with E-state index in [0.29, 0.717) is 48.3 Å². The van der Waals surface area contributed by atoms with E-state index in [9.17, 15) is 13.2 Å². The van der Waals surface area contributed by atoms with Crippen LogP contribution in [0.5, 0.6) is 0 Å². The topological polar surface area (TPSA) is 111 Å². The van der Waals surface area contributed by atoms with Crippen molar-refractivity contribution >= 4 is 27.4 Å². The average molecular weight is 463 g/mol. The van der Waals surface area contributed by atoms with Crippen LogP contribution in [-0.2, 0) is 25.1 Å². The van der Waals surface area contributed by atoms with Crippen LogP contribution < -0.4 is 10.2 Å². The van der Waals surface area contributed by atoms with E-state index in [4.69, 9.17) is 14.5 Å². The van der Waals surface area contributed by atoms with E-state index in [1.807, 2.05) is 6.92 Å². The first kappa shape index (κ1) is 23.9. The van der Waals surface area contributed by atoms with Crippen LogP contribution in [0.1, 0.15) is 33.4 Å². The highest BCUT2D eigenvalue weighted by Crippen LogP contribution is 2.25. The molecule has 0 bridgehead atoms. The van der Waals surface area contributed by atoms with Crippen LogP contribution in [0, 0.1) is 0 Å². The maximum absolute atomic E-state index is 12.0. The van der Waals surface area contributed by atoms with Gasteiger partial charge in [-0.25, -0.2) is 23.2 Å². The first-order valence-electron chi connectivity index (χ1n) is 10.4. The van der Waals surface area contributed by atoms with Gasteiger partial charge in [0.25, 0.3) is 0 Å². The van der Waals surface area contributed by atoms with Crippen LogP contribution in [0.3, 0.4) is 0 Å². The number of carbonyl (C=O) groups excluding carboxylic acids is 1. The van der Waals surface area contributed by atoms with Crippen molar-refractivity contribution in [3.05, 3.63) is 36.0 Å². The molecule has 1 aliphatic heterocycles. The average Bonchev–Trinajstić information content (AvgIpc) is 2.66. The molecule has 32 heavy (non-hydrogen) atoms. The van der Waals surface area contributed by atoms with Crippen molar-refractivity contribution in [2.75, 3.05) is 36.2 Å². The summed E-state index contributed by atoms with van der Waals surface area (Å²) in [5.74, 6) is 0.913. The minimum absolute atomic E-state index is 0.109. The Morgan fingerprint density at radius 2 is 1.94 bits per heavy atom. The number of hydrogen-bond donors (Lipinski definition) is 1. The zero-order valence-corrected chi connectivity index (χ0v) is 19.9. The van der Waals surface area contributed by atoms with E-state index in [2.05, 4.69) is 15.2 Å². The molecule has 174 valence electrons. The van der Waals surface area contributed by atoms with Gasteiger partial charge in [-0.2, -0.15) is 0 Å². The summed E-state index contributed by atoms with van der Waals surface area (Å²) in [7, 11) is -3.27. The minimum Gasteiger partial charge on any atom is -0.444 e. The smallest absolute Gasteiger partial charge is 0.412 e. The molecular weight excluding hydrogens is 432 g/mol. The highest BCUT2D eigenvalue weighted by atomic mass is 32.2. The Morgan fingerprint density at radius 3 is 2.53 bits per heavy atom. The van der Waals surface area contributed by atoms with Crippen LogP contribution >= 0.6 is 0 Å². The monoisotopic (exact) mass is 462 g/mol. The SMILES string of the molecule is C[C@H]1COCCN1c1cc(CS(C)(=O)=O)nc(-c2ccc(NC(=O)OC(C)(C)C)cc2)n1. The number of hydrogen-bond acceptors (Lipinski definition) is 8. The summed E-state index contributed by atoms with van der Waals surface area (Å²) in [5.41, 5.74) is 1.11. The Morgan fingerprint density at radius 1 is 1.25 bits per heavy atom. The molecule has 1 aromatic heterocycles. The normalized spacial score (nSPS) is 17.2. The van der Waals surface area contributed by atoms with Crippen LogP contribution in [0.2, 0.25) is 0 Å². The second-order valence-electron chi connectivity index (χ2n) is 8.93. The van der Waals surface area contributed by atoms with Gasteiger partial charge in [-0.1, -0.05) is 0 Å². The third-order valence-corrected chi connectivity index (χ3v) is 5.45. The molecule has 1 fully saturated rings. The molecule has 3 rings (SSSR count). The summed E-state index contributed by atoms with van der Waals surface area (Å²) in [6.07, 6.45) is 0.642. The molecule has 2 heterocycles. The number of nitrogens with one attached hydrogen (secondary N) is 1. The predicted octanol–water partition coefficient (Wildman–Crippen LogP) is 3.26. The standard InChI is InChI=1S/C22H30N4O5S/c1-15-13-30-11-10-26(15)19-12-18(14-32(5,28)29)23-20(25-19)16-6-8-17(9-7-16)24-21(27)31-22(2,3)4/h6-9,12,15H,10-11,13-14H2,1-5H3,(H,24,27)/t15-/m0/s1. The fourth-order valence-electron chi connectivity index (χ4n) is 3.29. The highest BCUT2D eigenvalue weighted by Gasteiger charge is 2.23. The molecule has 0 spiro atoms. The fourth-order valence-corrected chi connectivity index (χ4v) is 3.98. The maximum atomic E-state index is 12.0. The zero-order valence-electron chi connectivity index (χ0n) is 19.1. The van der Waals surface area contributed by atoms with Crippen molar-refractivity contribution in [1.82, 2.24) is 9.97 Å². The van der Waals surface area contributed by atoms with Gasteiger partial charge in [0.1, 0.15) is 11.4 Å². The van der Waals surface area contributed by atoms with Crippen molar-refractivity contribution in [3.63, 3.8) is 0 Å². The molecule has 9 nitrogen and oxygen atoms in total. The minimum atomic E-state index is -3.27. The Balaban J connectivity index is 1.89. The molecular formula is C22H30N4O5S. The Labute approximate surface area is 189 Å². The molecule has 0 radical (unpaired) electrons. The summed E-state index contributed by atoms with van der Waals surface area (Å²) in [6, 6.07) is 8.84. The number of rotatable bonds is 5. The summed E-state index contributed by atoms with van der Waals surface area (Å²) in [6.45, 7) is 9.24.